The number of nitrogens with one attached hydrogen (secondary N) is 1. The molecule has 3 rings (SSSR count). The van der Waals surface area contributed by atoms with Crippen molar-refractivity contribution in [3.05, 3.63) is 35.4 Å². The lowest BCUT2D eigenvalue weighted by atomic mass is 9.79. The number of carbonyl (C=O) groups is 1. The van der Waals surface area contributed by atoms with Crippen molar-refractivity contribution in [3.8, 4) is 0 Å². The van der Waals surface area contributed by atoms with Crippen molar-refractivity contribution < 1.29 is 4.79 Å². The number of hydrogen-bond acceptors (Lipinski definition) is 2. The maximum Gasteiger partial charge on any atom is 0.150 e. The van der Waals surface area contributed by atoms with Crippen LogP contribution in [-0.4, -0.2) is 18.4 Å². The van der Waals surface area contributed by atoms with Crippen LogP contribution in [0.3, 0.4) is 0 Å². The summed E-state index contributed by atoms with van der Waals surface area (Å²) in [5.41, 5.74) is 2.89. The smallest absolute Gasteiger partial charge is 0.150 e. The average Bonchev–Trinajstić information content (AvgIpc) is 2.48. The Hall–Kier alpha value is -1.15. The molecule has 0 saturated carbocycles. The number of hydrogen-bond donors (Lipinski definition) is 1. The minimum atomic E-state index is 0.128. The molecule has 1 heterocycles. The van der Waals surface area contributed by atoms with Gasteiger partial charge in [-0.1, -0.05) is 30.7 Å². The first-order valence-corrected chi connectivity index (χ1v) is 7.68. The van der Waals surface area contributed by atoms with Crippen LogP contribution in [0.5, 0.6) is 0 Å². The summed E-state index contributed by atoms with van der Waals surface area (Å²) in [6.45, 7) is 1.01. The van der Waals surface area contributed by atoms with Gasteiger partial charge in [-0.25, -0.2) is 0 Å². The highest BCUT2D eigenvalue weighted by Crippen LogP contribution is 2.34. The van der Waals surface area contributed by atoms with E-state index in [4.69, 9.17) is 0 Å². The van der Waals surface area contributed by atoms with Gasteiger partial charge in [0.05, 0.1) is 6.04 Å². The molecule has 1 aromatic carbocycles. The van der Waals surface area contributed by atoms with Gasteiger partial charge in [-0.05, 0) is 55.7 Å². The van der Waals surface area contributed by atoms with E-state index in [0.717, 1.165) is 19.4 Å². The number of piperidine rings is 1. The van der Waals surface area contributed by atoms with E-state index in [-0.39, 0.29) is 6.04 Å². The van der Waals surface area contributed by atoms with Crippen molar-refractivity contribution >= 4 is 5.78 Å². The van der Waals surface area contributed by atoms with Gasteiger partial charge in [-0.2, -0.15) is 0 Å². The molecule has 1 N–H and O–H groups in total. The Bertz CT molecular complexity index is 448. The molecule has 2 nitrogen and oxygen atoms in total. The Kier molecular flexibility index (Phi) is 3.97. The largest absolute Gasteiger partial charge is 0.307 e. The number of aryl methyl sites for hydroxylation is 1. The predicted molar refractivity (Wildman–Crippen MR) is 77.4 cm³/mol. The van der Waals surface area contributed by atoms with Crippen molar-refractivity contribution in [2.75, 3.05) is 6.54 Å². The number of carbonyl (C=O) groups excluding carboxylic acids is 1. The van der Waals surface area contributed by atoms with Crippen LogP contribution in [0.25, 0.3) is 0 Å². The lowest BCUT2D eigenvalue weighted by Crippen LogP contribution is -2.41. The fraction of sp³-hybridized carbons (Fsp3) is 0.588. The van der Waals surface area contributed by atoms with Crippen molar-refractivity contribution in [2.24, 2.45) is 0 Å². The highest BCUT2D eigenvalue weighted by molar-refractivity contribution is 5.85. The fourth-order valence-electron chi connectivity index (χ4n) is 3.58. The van der Waals surface area contributed by atoms with Gasteiger partial charge < -0.3 is 5.32 Å². The van der Waals surface area contributed by atoms with Crippen molar-refractivity contribution in [2.45, 2.75) is 56.9 Å². The van der Waals surface area contributed by atoms with Gasteiger partial charge in [0.15, 0.2) is 0 Å². The summed E-state index contributed by atoms with van der Waals surface area (Å²) in [5.74, 6) is 0.891. The maximum atomic E-state index is 12.4. The van der Waals surface area contributed by atoms with E-state index in [9.17, 15) is 4.79 Å². The van der Waals surface area contributed by atoms with Gasteiger partial charge in [0.1, 0.15) is 5.78 Å². The standard InChI is InChI=1S/C17H23NO/c19-17(16-10-3-4-11-18-16)12-14-8-5-7-13-6-1-2-9-15(13)14/h1-2,6,9,14,16,18H,3-5,7-8,10-12H2. The molecular formula is C17H23NO. The molecule has 1 aromatic rings. The molecule has 0 amide bonds. The minimum absolute atomic E-state index is 0.128. The SMILES string of the molecule is O=C(CC1CCCc2ccccc21)C1CCCCN1. The second-order valence-electron chi connectivity index (χ2n) is 5.96. The normalized spacial score (nSPS) is 26.7. The first-order valence-electron chi connectivity index (χ1n) is 7.68. The number of Topliss-reactive ketones (excluding diaryl/α,β-unsaturated/α-hetero) is 1. The molecule has 0 aromatic heterocycles. The van der Waals surface area contributed by atoms with Gasteiger partial charge in [-0.15, -0.1) is 0 Å². The molecule has 1 aliphatic carbocycles. The Morgan fingerprint density at radius 3 is 2.89 bits per heavy atom. The Labute approximate surface area is 115 Å². The van der Waals surface area contributed by atoms with E-state index in [2.05, 4.69) is 29.6 Å². The predicted octanol–water partition coefficient (Wildman–Crippen LogP) is 3.21. The van der Waals surface area contributed by atoms with Gasteiger partial charge >= 0.3 is 0 Å². The fourth-order valence-corrected chi connectivity index (χ4v) is 3.58. The molecule has 2 unspecified atom stereocenters. The molecule has 2 aliphatic rings. The van der Waals surface area contributed by atoms with Crippen LogP contribution in [0.1, 0.15) is 55.6 Å². The zero-order valence-electron chi connectivity index (χ0n) is 11.5. The monoisotopic (exact) mass is 257 g/mol. The van der Waals surface area contributed by atoms with Crippen LogP contribution in [0.2, 0.25) is 0 Å². The Balaban J connectivity index is 1.68. The first-order chi connectivity index (χ1) is 9.34. The zero-order chi connectivity index (χ0) is 13.1. The third-order valence-electron chi connectivity index (χ3n) is 4.64. The van der Waals surface area contributed by atoms with Crippen molar-refractivity contribution in [1.29, 1.82) is 0 Å². The number of rotatable bonds is 3. The Morgan fingerprint density at radius 2 is 2.05 bits per heavy atom. The van der Waals surface area contributed by atoms with Gasteiger partial charge in [0, 0.05) is 6.42 Å². The molecule has 1 saturated heterocycles. The van der Waals surface area contributed by atoms with Gasteiger partial charge in [0.25, 0.3) is 0 Å². The van der Waals surface area contributed by atoms with E-state index < -0.39 is 0 Å². The average molecular weight is 257 g/mol. The van der Waals surface area contributed by atoms with Crippen molar-refractivity contribution in [3.63, 3.8) is 0 Å². The third kappa shape index (κ3) is 2.89. The molecular weight excluding hydrogens is 234 g/mol. The second-order valence-corrected chi connectivity index (χ2v) is 5.96. The molecule has 2 atom stereocenters. The number of ketones is 1. The van der Waals surface area contributed by atoms with Gasteiger partial charge in [0.2, 0.25) is 0 Å². The van der Waals surface area contributed by atoms with Crippen LogP contribution in [0.15, 0.2) is 24.3 Å². The zero-order valence-corrected chi connectivity index (χ0v) is 11.5. The topological polar surface area (TPSA) is 29.1 Å². The lowest BCUT2D eigenvalue weighted by Gasteiger charge is -2.28. The Morgan fingerprint density at radius 1 is 1.16 bits per heavy atom. The molecule has 0 bridgehead atoms. The van der Waals surface area contributed by atoms with Crippen LogP contribution < -0.4 is 5.32 Å². The quantitative estimate of drug-likeness (QED) is 0.901. The van der Waals surface area contributed by atoms with E-state index in [1.807, 2.05) is 0 Å². The molecule has 1 fully saturated rings. The molecule has 0 radical (unpaired) electrons. The summed E-state index contributed by atoms with van der Waals surface area (Å²) < 4.78 is 0. The number of fused-ring (bicyclic) bond motifs is 1. The summed E-state index contributed by atoms with van der Waals surface area (Å²) in [6.07, 6.45) is 7.77. The molecule has 1 aliphatic heterocycles. The summed E-state index contributed by atoms with van der Waals surface area (Å²) in [4.78, 5) is 12.4. The summed E-state index contributed by atoms with van der Waals surface area (Å²) in [7, 11) is 0. The van der Waals surface area contributed by atoms with E-state index in [0.29, 0.717) is 11.7 Å². The highest BCUT2D eigenvalue weighted by atomic mass is 16.1. The van der Waals surface area contributed by atoms with Crippen LogP contribution in [0.4, 0.5) is 0 Å². The van der Waals surface area contributed by atoms with Crippen molar-refractivity contribution in [1.82, 2.24) is 5.32 Å². The third-order valence-corrected chi connectivity index (χ3v) is 4.64. The van der Waals surface area contributed by atoms with E-state index >= 15 is 0 Å². The van der Waals surface area contributed by atoms with E-state index in [1.54, 1.807) is 0 Å². The lowest BCUT2D eigenvalue weighted by molar-refractivity contribution is -0.122. The first kappa shape index (κ1) is 12.9. The van der Waals surface area contributed by atoms with Crippen LogP contribution in [-0.2, 0) is 11.2 Å². The summed E-state index contributed by atoms with van der Waals surface area (Å²) >= 11 is 0. The molecule has 2 heteroatoms. The van der Waals surface area contributed by atoms with E-state index in [1.165, 1.54) is 43.2 Å². The van der Waals surface area contributed by atoms with Crippen LogP contribution in [0, 0.1) is 0 Å². The molecule has 0 spiro atoms. The summed E-state index contributed by atoms with van der Waals surface area (Å²) in [5, 5.41) is 3.38. The maximum absolute atomic E-state index is 12.4. The number of benzene rings is 1. The minimum Gasteiger partial charge on any atom is -0.307 e. The summed E-state index contributed by atoms with van der Waals surface area (Å²) in [6, 6.07) is 8.81. The van der Waals surface area contributed by atoms with Gasteiger partial charge in [-0.3, -0.25) is 4.79 Å². The molecule has 19 heavy (non-hydrogen) atoms. The van der Waals surface area contributed by atoms with Crippen LogP contribution >= 0.6 is 0 Å². The molecule has 102 valence electrons. The highest BCUT2D eigenvalue weighted by Gasteiger charge is 2.26. The second kappa shape index (κ2) is 5.87.